The van der Waals surface area contributed by atoms with Crippen molar-refractivity contribution < 1.29 is 17.6 Å². The van der Waals surface area contributed by atoms with E-state index in [1.165, 1.54) is 6.07 Å². The van der Waals surface area contributed by atoms with Gasteiger partial charge in [-0.2, -0.15) is 8.78 Å². The lowest BCUT2D eigenvalue weighted by atomic mass is 10.1. The molecule has 0 amide bonds. The Morgan fingerprint density at radius 3 is 2.62 bits per heavy atom. The summed E-state index contributed by atoms with van der Waals surface area (Å²) in [6, 6.07) is 12.3. The van der Waals surface area contributed by atoms with E-state index < -0.39 is 12.3 Å². The Hall–Kier alpha value is -3.73. The van der Waals surface area contributed by atoms with Crippen LogP contribution in [0.25, 0.3) is 22.7 Å². The number of nitrogens with zero attached hydrogens (tertiary/aromatic N) is 6. The number of nitrogens with one attached hydrogen (secondary N) is 1. The molecule has 176 valence electrons. The Balaban J connectivity index is 1.31. The topological polar surface area (TPSA) is 84.9 Å². The van der Waals surface area contributed by atoms with Gasteiger partial charge >= 0.3 is 6.43 Å². The zero-order valence-corrected chi connectivity index (χ0v) is 18.3. The number of alkyl halides is 2. The maximum atomic E-state index is 14.6. The fraction of sp³-hybridized carbons (Fsp3) is 0.304. The third-order valence-corrected chi connectivity index (χ3v) is 5.76. The number of halogens is 3. The molecular weight excluding hydrogens is 447 g/mol. The molecule has 4 aromatic rings. The fourth-order valence-corrected chi connectivity index (χ4v) is 3.98. The SMILES string of the molecule is C[C@H]1CNCCN1c1cc(-c2cn(Cc3ccc(-c4nnc(C(F)F)o4)cc3)nn2)ccc1F. The molecule has 1 N–H and O–H groups in total. The molecule has 0 bridgehead atoms. The van der Waals surface area contributed by atoms with Crippen molar-refractivity contribution in [1.29, 1.82) is 0 Å². The third kappa shape index (κ3) is 4.51. The number of anilines is 1. The van der Waals surface area contributed by atoms with Gasteiger partial charge in [-0.1, -0.05) is 17.3 Å². The number of benzene rings is 2. The zero-order chi connectivity index (χ0) is 23.7. The molecule has 1 fully saturated rings. The average Bonchev–Trinajstić information content (AvgIpc) is 3.51. The minimum absolute atomic E-state index is 0.0378. The molecule has 3 heterocycles. The fourth-order valence-electron chi connectivity index (χ4n) is 3.98. The van der Waals surface area contributed by atoms with E-state index in [1.807, 2.05) is 18.2 Å². The molecule has 0 unspecified atom stereocenters. The molecule has 0 aliphatic carbocycles. The van der Waals surface area contributed by atoms with Crippen LogP contribution in [-0.2, 0) is 6.54 Å². The predicted octanol–water partition coefficient (Wildman–Crippen LogP) is 3.92. The highest BCUT2D eigenvalue weighted by molar-refractivity contribution is 5.66. The second kappa shape index (κ2) is 9.26. The van der Waals surface area contributed by atoms with Crippen LogP contribution in [0.4, 0.5) is 18.9 Å². The van der Waals surface area contributed by atoms with Gasteiger partial charge in [0.1, 0.15) is 11.5 Å². The first kappa shape index (κ1) is 22.1. The summed E-state index contributed by atoms with van der Waals surface area (Å²) in [6.07, 6.45) is -1.00. The summed E-state index contributed by atoms with van der Waals surface area (Å²) in [5.74, 6) is -0.924. The lowest BCUT2D eigenvalue weighted by Gasteiger charge is -2.36. The molecule has 2 aromatic carbocycles. The molecule has 1 atom stereocenters. The number of piperazine rings is 1. The minimum atomic E-state index is -2.81. The Morgan fingerprint density at radius 2 is 1.88 bits per heavy atom. The van der Waals surface area contributed by atoms with Crippen molar-refractivity contribution in [1.82, 2.24) is 30.5 Å². The average molecular weight is 469 g/mol. The molecule has 0 radical (unpaired) electrons. The molecule has 5 rings (SSSR count). The molecule has 1 saturated heterocycles. The van der Waals surface area contributed by atoms with E-state index in [9.17, 15) is 13.2 Å². The van der Waals surface area contributed by atoms with Gasteiger partial charge in [-0.05, 0) is 42.8 Å². The van der Waals surface area contributed by atoms with Crippen LogP contribution in [0.5, 0.6) is 0 Å². The van der Waals surface area contributed by atoms with Crippen LogP contribution in [0, 0.1) is 5.82 Å². The maximum Gasteiger partial charge on any atom is 0.314 e. The maximum absolute atomic E-state index is 14.6. The highest BCUT2D eigenvalue weighted by Gasteiger charge is 2.22. The third-order valence-electron chi connectivity index (χ3n) is 5.76. The number of aromatic nitrogens is 5. The zero-order valence-electron chi connectivity index (χ0n) is 18.3. The van der Waals surface area contributed by atoms with Crippen LogP contribution in [0.3, 0.4) is 0 Å². The monoisotopic (exact) mass is 469 g/mol. The van der Waals surface area contributed by atoms with Crippen LogP contribution in [0.1, 0.15) is 24.8 Å². The molecule has 8 nitrogen and oxygen atoms in total. The molecule has 2 aromatic heterocycles. The quantitative estimate of drug-likeness (QED) is 0.458. The van der Waals surface area contributed by atoms with Crippen molar-refractivity contribution in [2.75, 3.05) is 24.5 Å². The van der Waals surface area contributed by atoms with Gasteiger partial charge in [0.15, 0.2) is 0 Å². The van der Waals surface area contributed by atoms with E-state index in [2.05, 4.69) is 37.6 Å². The summed E-state index contributed by atoms with van der Waals surface area (Å²) in [5, 5.41) is 18.8. The van der Waals surface area contributed by atoms with Crippen LogP contribution < -0.4 is 10.2 Å². The first-order valence-electron chi connectivity index (χ1n) is 10.9. The second-order valence-corrected chi connectivity index (χ2v) is 8.16. The van der Waals surface area contributed by atoms with Gasteiger partial charge in [0.2, 0.25) is 5.89 Å². The van der Waals surface area contributed by atoms with Crippen molar-refractivity contribution in [3.05, 3.63) is 65.9 Å². The number of rotatable bonds is 6. The minimum Gasteiger partial charge on any atom is -0.415 e. The smallest absolute Gasteiger partial charge is 0.314 e. The summed E-state index contributed by atoms with van der Waals surface area (Å²) in [7, 11) is 0. The number of hydrogen-bond acceptors (Lipinski definition) is 7. The molecule has 11 heteroatoms. The lowest BCUT2D eigenvalue weighted by Crippen LogP contribution is -2.50. The predicted molar refractivity (Wildman–Crippen MR) is 119 cm³/mol. The first-order valence-corrected chi connectivity index (χ1v) is 10.9. The van der Waals surface area contributed by atoms with Crippen molar-refractivity contribution >= 4 is 5.69 Å². The van der Waals surface area contributed by atoms with Crippen LogP contribution in [0.2, 0.25) is 0 Å². The molecule has 1 aliphatic rings. The highest BCUT2D eigenvalue weighted by Crippen LogP contribution is 2.28. The van der Waals surface area contributed by atoms with Crippen LogP contribution in [-0.4, -0.2) is 50.9 Å². The van der Waals surface area contributed by atoms with Gasteiger partial charge in [-0.15, -0.1) is 15.3 Å². The van der Waals surface area contributed by atoms with Crippen molar-refractivity contribution in [3.8, 4) is 22.7 Å². The van der Waals surface area contributed by atoms with Crippen LogP contribution >= 0.6 is 0 Å². The van der Waals surface area contributed by atoms with E-state index in [0.717, 1.165) is 30.8 Å². The van der Waals surface area contributed by atoms with Crippen molar-refractivity contribution in [2.45, 2.75) is 25.9 Å². The standard InChI is InChI=1S/C23H22F3N7O/c1-14-11-27-8-9-33(14)20-10-17(6-7-18(20)24)19-13-32(31-28-19)12-15-2-4-16(5-3-15)22-29-30-23(34-22)21(25)26/h2-7,10,13-14,21,27H,8-9,11-12H2,1H3/t14-/m0/s1. The molecule has 1 aliphatic heterocycles. The van der Waals surface area contributed by atoms with E-state index in [-0.39, 0.29) is 17.7 Å². The second-order valence-electron chi connectivity index (χ2n) is 8.16. The highest BCUT2D eigenvalue weighted by atomic mass is 19.3. The van der Waals surface area contributed by atoms with Gasteiger partial charge in [0.25, 0.3) is 5.89 Å². The Morgan fingerprint density at radius 1 is 1.09 bits per heavy atom. The molecule has 0 saturated carbocycles. The summed E-state index contributed by atoms with van der Waals surface area (Å²) >= 11 is 0. The van der Waals surface area contributed by atoms with E-state index in [4.69, 9.17) is 4.42 Å². The number of hydrogen-bond donors (Lipinski definition) is 1. The summed E-state index contributed by atoms with van der Waals surface area (Å²) < 4.78 is 46.5. The Bertz CT molecular complexity index is 1270. The molecule has 34 heavy (non-hydrogen) atoms. The van der Waals surface area contributed by atoms with Crippen LogP contribution in [0.15, 0.2) is 53.1 Å². The van der Waals surface area contributed by atoms with Gasteiger partial charge in [-0.3, -0.25) is 0 Å². The Kier molecular flexibility index (Phi) is 6.01. The summed E-state index contributed by atoms with van der Waals surface area (Å²) in [4.78, 5) is 2.06. The lowest BCUT2D eigenvalue weighted by molar-refractivity contribution is 0.116. The Labute approximate surface area is 193 Å². The van der Waals surface area contributed by atoms with Gasteiger partial charge in [-0.25, -0.2) is 9.07 Å². The summed E-state index contributed by atoms with van der Waals surface area (Å²) in [6.45, 7) is 4.86. The van der Waals surface area contributed by atoms with E-state index in [1.54, 1.807) is 29.1 Å². The van der Waals surface area contributed by atoms with Gasteiger partial charge in [0, 0.05) is 36.8 Å². The molecule has 0 spiro atoms. The van der Waals surface area contributed by atoms with Crippen molar-refractivity contribution in [3.63, 3.8) is 0 Å². The van der Waals surface area contributed by atoms with E-state index in [0.29, 0.717) is 23.5 Å². The van der Waals surface area contributed by atoms with Gasteiger partial charge < -0.3 is 14.6 Å². The normalized spacial score (nSPS) is 16.4. The van der Waals surface area contributed by atoms with E-state index >= 15 is 0 Å². The van der Waals surface area contributed by atoms with Crippen molar-refractivity contribution in [2.24, 2.45) is 0 Å². The largest absolute Gasteiger partial charge is 0.415 e. The van der Waals surface area contributed by atoms with Gasteiger partial charge in [0.05, 0.1) is 18.4 Å². The molecular formula is C23H22F3N7O. The first-order chi connectivity index (χ1) is 16.5. The summed E-state index contributed by atoms with van der Waals surface area (Å²) in [5.41, 5.74) is 3.46.